The summed E-state index contributed by atoms with van der Waals surface area (Å²) in [6.07, 6.45) is 1.97. The van der Waals surface area contributed by atoms with E-state index in [9.17, 15) is 8.42 Å². The number of piperazine rings is 1. The van der Waals surface area contributed by atoms with Gasteiger partial charge in [-0.05, 0) is 36.2 Å². The summed E-state index contributed by atoms with van der Waals surface area (Å²) in [4.78, 5) is 6.54. The third kappa shape index (κ3) is 4.24. The molecule has 0 amide bonds. The Bertz CT molecular complexity index is 947. The highest BCUT2D eigenvalue weighted by molar-refractivity contribution is 7.89. The minimum atomic E-state index is -3.51. The van der Waals surface area contributed by atoms with E-state index >= 15 is 0 Å². The van der Waals surface area contributed by atoms with E-state index in [-0.39, 0.29) is 5.69 Å². The van der Waals surface area contributed by atoms with Crippen molar-refractivity contribution in [2.75, 3.05) is 31.1 Å². The maximum absolute atomic E-state index is 12.9. The van der Waals surface area contributed by atoms with Crippen LogP contribution in [0.4, 0.5) is 5.82 Å². The number of pyridine rings is 1. The largest absolute Gasteiger partial charge is 0.354 e. The maximum atomic E-state index is 12.9. The van der Waals surface area contributed by atoms with Gasteiger partial charge >= 0.3 is 0 Å². The van der Waals surface area contributed by atoms with E-state index in [1.165, 1.54) is 4.31 Å². The third-order valence-electron chi connectivity index (χ3n) is 4.60. The van der Waals surface area contributed by atoms with Crippen LogP contribution >= 0.6 is 11.6 Å². The van der Waals surface area contributed by atoms with Crippen LogP contribution < -0.4 is 4.90 Å². The van der Waals surface area contributed by atoms with E-state index in [0.29, 0.717) is 41.9 Å². The molecule has 1 aliphatic rings. The first kappa shape index (κ1) is 19.6. The van der Waals surface area contributed by atoms with Crippen LogP contribution in [0.3, 0.4) is 0 Å². The Morgan fingerprint density at radius 3 is 2.37 bits per heavy atom. The van der Waals surface area contributed by atoms with Gasteiger partial charge in [-0.1, -0.05) is 37.1 Å². The lowest BCUT2D eigenvalue weighted by Gasteiger charge is -2.34. The first-order chi connectivity index (χ1) is 13.0. The Balaban J connectivity index is 1.70. The molecule has 0 aliphatic carbocycles. The number of aromatic nitrogens is 1. The second kappa shape index (κ2) is 8.26. The van der Waals surface area contributed by atoms with Crippen molar-refractivity contribution in [3.63, 3.8) is 0 Å². The fraction of sp³-hybridized carbons (Fsp3) is 0.368. The fourth-order valence-corrected chi connectivity index (χ4v) is 4.68. The average molecular weight is 405 g/mol. The van der Waals surface area contributed by atoms with Crippen LogP contribution in [0.15, 0.2) is 41.3 Å². The molecule has 3 rings (SSSR count). The smallest absolute Gasteiger partial charge is 0.243 e. The van der Waals surface area contributed by atoms with E-state index in [2.05, 4.69) is 11.9 Å². The Kier molecular flexibility index (Phi) is 6.00. The number of hydrogen-bond donors (Lipinski definition) is 0. The summed E-state index contributed by atoms with van der Waals surface area (Å²) in [5, 5.41) is 9.38. The second-order valence-corrected chi connectivity index (χ2v) is 8.74. The standard InChI is InChI=1S/C19H21ClN4O2S/c1-2-3-15-4-6-16(7-5-15)27(25,26)24-12-10-23(11-13-24)19-9-8-17(20)18(14-21)22-19/h4-9H,2-3,10-13H2,1H3. The number of hydrogen-bond acceptors (Lipinski definition) is 5. The average Bonchev–Trinajstić information content (AvgIpc) is 2.69. The lowest BCUT2D eigenvalue weighted by atomic mass is 10.1. The molecule has 0 atom stereocenters. The summed E-state index contributed by atoms with van der Waals surface area (Å²) < 4.78 is 27.3. The molecule has 142 valence electrons. The van der Waals surface area contributed by atoms with E-state index in [1.807, 2.05) is 23.1 Å². The first-order valence-corrected chi connectivity index (χ1v) is 10.7. The van der Waals surface area contributed by atoms with Crippen molar-refractivity contribution >= 4 is 27.4 Å². The summed E-state index contributed by atoms with van der Waals surface area (Å²) in [5.41, 5.74) is 1.32. The summed E-state index contributed by atoms with van der Waals surface area (Å²) in [7, 11) is -3.51. The second-order valence-electron chi connectivity index (χ2n) is 6.40. The van der Waals surface area contributed by atoms with Crippen molar-refractivity contribution in [1.82, 2.24) is 9.29 Å². The van der Waals surface area contributed by atoms with Gasteiger partial charge in [-0.2, -0.15) is 9.57 Å². The molecular formula is C19H21ClN4O2S. The summed E-state index contributed by atoms with van der Waals surface area (Å²) >= 11 is 5.93. The van der Waals surface area contributed by atoms with Gasteiger partial charge in [0.2, 0.25) is 10.0 Å². The molecule has 0 radical (unpaired) electrons. The number of benzene rings is 1. The number of nitriles is 1. The molecule has 1 aliphatic heterocycles. The van der Waals surface area contributed by atoms with Gasteiger partial charge in [-0.25, -0.2) is 13.4 Å². The quantitative estimate of drug-likeness (QED) is 0.765. The molecule has 2 aromatic rings. The van der Waals surface area contributed by atoms with Crippen molar-refractivity contribution in [2.45, 2.75) is 24.7 Å². The summed E-state index contributed by atoms with van der Waals surface area (Å²) in [6, 6.07) is 12.5. The van der Waals surface area contributed by atoms with Crippen molar-refractivity contribution in [2.24, 2.45) is 0 Å². The number of nitrogens with zero attached hydrogens (tertiary/aromatic N) is 4. The molecule has 1 aromatic carbocycles. The normalized spacial score (nSPS) is 15.5. The highest BCUT2D eigenvalue weighted by Gasteiger charge is 2.29. The predicted octanol–water partition coefficient (Wildman–Crippen LogP) is 3.07. The molecule has 2 heterocycles. The highest BCUT2D eigenvalue weighted by atomic mass is 35.5. The van der Waals surface area contributed by atoms with Gasteiger partial charge in [0.15, 0.2) is 5.69 Å². The van der Waals surface area contributed by atoms with Gasteiger partial charge in [0.25, 0.3) is 0 Å². The zero-order valence-corrected chi connectivity index (χ0v) is 16.7. The van der Waals surface area contributed by atoms with Gasteiger partial charge in [0.05, 0.1) is 9.92 Å². The minimum Gasteiger partial charge on any atom is -0.354 e. The summed E-state index contributed by atoms with van der Waals surface area (Å²) in [5.74, 6) is 0.636. The summed E-state index contributed by atoms with van der Waals surface area (Å²) in [6.45, 7) is 3.84. The predicted molar refractivity (Wildman–Crippen MR) is 105 cm³/mol. The molecule has 27 heavy (non-hydrogen) atoms. The molecule has 1 aromatic heterocycles. The molecule has 0 N–H and O–H groups in total. The van der Waals surface area contributed by atoms with Crippen LogP contribution in [0.1, 0.15) is 24.6 Å². The van der Waals surface area contributed by atoms with Crippen molar-refractivity contribution in [3.05, 3.63) is 52.7 Å². The highest BCUT2D eigenvalue weighted by Crippen LogP contribution is 2.23. The van der Waals surface area contributed by atoms with Crippen LogP contribution in [0.5, 0.6) is 0 Å². The topological polar surface area (TPSA) is 77.3 Å². The number of halogens is 1. The van der Waals surface area contributed by atoms with Gasteiger partial charge in [0.1, 0.15) is 11.9 Å². The van der Waals surface area contributed by atoms with Crippen LogP contribution in [-0.2, 0) is 16.4 Å². The van der Waals surface area contributed by atoms with Gasteiger partial charge in [-0.15, -0.1) is 0 Å². The number of anilines is 1. The zero-order valence-electron chi connectivity index (χ0n) is 15.1. The lowest BCUT2D eigenvalue weighted by molar-refractivity contribution is 0.384. The molecule has 6 nitrogen and oxygen atoms in total. The Hall–Kier alpha value is -2.14. The zero-order chi connectivity index (χ0) is 19.4. The van der Waals surface area contributed by atoms with Gasteiger partial charge in [0, 0.05) is 26.2 Å². The molecule has 0 saturated carbocycles. The van der Waals surface area contributed by atoms with Crippen LogP contribution in [-0.4, -0.2) is 43.9 Å². The van der Waals surface area contributed by atoms with E-state index in [4.69, 9.17) is 16.9 Å². The lowest BCUT2D eigenvalue weighted by Crippen LogP contribution is -2.48. The number of aryl methyl sites for hydroxylation is 1. The molecule has 0 bridgehead atoms. The van der Waals surface area contributed by atoms with Crippen LogP contribution in [0.2, 0.25) is 5.02 Å². The molecule has 1 fully saturated rings. The SMILES string of the molecule is CCCc1ccc(S(=O)(=O)N2CCN(c3ccc(Cl)c(C#N)n3)CC2)cc1. The Morgan fingerprint density at radius 1 is 1.11 bits per heavy atom. The van der Waals surface area contributed by atoms with E-state index < -0.39 is 10.0 Å². The van der Waals surface area contributed by atoms with Crippen molar-refractivity contribution < 1.29 is 8.42 Å². The Morgan fingerprint density at radius 2 is 1.78 bits per heavy atom. The number of rotatable bonds is 5. The monoisotopic (exact) mass is 404 g/mol. The number of sulfonamides is 1. The molecule has 8 heteroatoms. The molecular weight excluding hydrogens is 384 g/mol. The van der Waals surface area contributed by atoms with Crippen LogP contribution in [0, 0.1) is 11.3 Å². The van der Waals surface area contributed by atoms with Crippen molar-refractivity contribution in [1.29, 1.82) is 5.26 Å². The van der Waals surface area contributed by atoms with Crippen molar-refractivity contribution in [3.8, 4) is 6.07 Å². The molecule has 1 saturated heterocycles. The van der Waals surface area contributed by atoms with E-state index in [0.717, 1.165) is 18.4 Å². The van der Waals surface area contributed by atoms with Gasteiger partial charge in [-0.3, -0.25) is 0 Å². The minimum absolute atomic E-state index is 0.177. The van der Waals surface area contributed by atoms with Gasteiger partial charge < -0.3 is 4.90 Å². The fourth-order valence-electron chi connectivity index (χ4n) is 3.11. The van der Waals surface area contributed by atoms with E-state index in [1.54, 1.807) is 24.3 Å². The third-order valence-corrected chi connectivity index (χ3v) is 6.82. The molecule has 0 unspecified atom stereocenters. The van der Waals surface area contributed by atoms with Crippen LogP contribution in [0.25, 0.3) is 0 Å². The maximum Gasteiger partial charge on any atom is 0.243 e. The Labute approximate surface area is 165 Å². The molecule has 0 spiro atoms. The first-order valence-electron chi connectivity index (χ1n) is 8.86.